The molecule has 2 aromatic heterocycles. The Morgan fingerprint density at radius 1 is 1.29 bits per heavy atom. The summed E-state index contributed by atoms with van der Waals surface area (Å²) >= 11 is 6.52. The Morgan fingerprint density at radius 2 is 2.09 bits per heavy atom. The number of H-pyrrole nitrogens is 1. The van der Waals surface area contributed by atoms with Crippen molar-refractivity contribution in [2.45, 2.75) is 18.9 Å². The van der Waals surface area contributed by atoms with Gasteiger partial charge in [0, 0.05) is 30.9 Å². The second kappa shape index (κ2) is 9.52. The molecule has 2 unspecified atom stereocenters. The molecular weight excluding hydrogens is 456 g/mol. The van der Waals surface area contributed by atoms with Crippen LogP contribution in [0.25, 0.3) is 22.6 Å². The molecule has 0 bridgehead atoms. The number of nitrogens with two attached hydrogens (primary N) is 1. The van der Waals surface area contributed by atoms with E-state index in [0.717, 1.165) is 24.3 Å². The third kappa shape index (κ3) is 4.28. The number of halogens is 1. The quantitative estimate of drug-likeness (QED) is 0.461. The lowest BCUT2D eigenvalue weighted by Crippen LogP contribution is -2.39. The molecule has 3 heterocycles. The Labute approximate surface area is 202 Å². The van der Waals surface area contributed by atoms with E-state index in [0.29, 0.717) is 59.5 Å². The summed E-state index contributed by atoms with van der Waals surface area (Å²) in [4.78, 5) is 26.7. The van der Waals surface area contributed by atoms with E-state index in [2.05, 4.69) is 26.3 Å². The number of aromatic amines is 1. The first kappa shape index (κ1) is 22.5. The number of pyridine rings is 1. The van der Waals surface area contributed by atoms with Crippen LogP contribution in [0.15, 0.2) is 36.5 Å². The van der Waals surface area contributed by atoms with Crippen LogP contribution in [0.3, 0.4) is 0 Å². The molecule has 4 N–H and O–H groups in total. The van der Waals surface area contributed by atoms with E-state index >= 15 is 0 Å². The number of carbonyl (C=O) groups is 1. The van der Waals surface area contributed by atoms with Crippen molar-refractivity contribution in [3.05, 3.63) is 41.6 Å². The summed E-state index contributed by atoms with van der Waals surface area (Å²) in [6, 6.07) is 5.89. The molecular formula is C24H27ClN6O3. The highest BCUT2D eigenvalue weighted by atomic mass is 35.5. The Bertz CT molecular complexity index is 1240. The number of hydrogen-bond donors (Lipinski definition) is 3. The monoisotopic (exact) mass is 482 g/mol. The number of nitrogens with one attached hydrogen (secondary N) is 2. The summed E-state index contributed by atoms with van der Waals surface area (Å²) < 4.78 is 11.2. The molecule has 1 fully saturated rings. The number of methoxy groups -OCH3 is 1. The number of rotatable bonds is 6. The third-order valence-corrected chi connectivity index (χ3v) is 6.70. The van der Waals surface area contributed by atoms with Crippen molar-refractivity contribution in [3.63, 3.8) is 0 Å². The van der Waals surface area contributed by atoms with Crippen molar-refractivity contribution in [2.75, 3.05) is 43.6 Å². The number of ether oxygens (including phenoxy) is 2. The summed E-state index contributed by atoms with van der Waals surface area (Å²) in [5.74, 6) is 0.668. The summed E-state index contributed by atoms with van der Waals surface area (Å²) in [6.07, 6.45) is 6.86. The zero-order chi connectivity index (χ0) is 23.7. The number of anilines is 2. The normalized spacial score (nSPS) is 20.5. The van der Waals surface area contributed by atoms with Gasteiger partial charge in [0.1, 0.15) is 17.1 Å². The maximum absolute atomic E-state index is 12.0. The Balaban J connectivity index is 1.50. The van der Waals surface area contributed by atoms with Crippen molar-refractivity contribution < 1.29 is 14.3 Å². The van der Waals surface area contributed by atoms with E-state index in [-0.39, 0.29) is 17.9 Å². The molecule has 1 amide bonds. The molecule has 9 nitrogen and oxygen atoms in total. The number of carbonyl (C=O) groups excluding carboxylic acids is 1. The first-order chi connectivity index (χ1) is 16.5. The van der Waals surface area contributed by atoms with Gasteiger partial charge in [-0.1, -0.05) is 23.8 Å². The van der Waals surface area contributed by atoms with Gasteiger partial charge in [-0.05, 0) is 25.0 Å². The zero-order valence-electron chi connectivity index (χ0n) is 18.9. The van der Waals surface area contributed by atoms with Gasteiger partial charge in [0.25, 0.3) is 0 Å². The SMILES string of the molecule is COc1cc(N2CCOCC2)ccc1-c1nc2ncc(Cl)c(NC3CC=CCC3C(N)=O)c2[nH]1. The lowest BCUT2D eigenvalue weighted by Gasteiger charge is -2.29. The van der Waals surface area contributed by atoms with Gasteiger partial charge in [-0.15, -0.1) is 0 Å². The molecule has 5 rings (SSSR count). The van der Waals surface area contributed by atoms with E-state index < -0.39 is 0 Å². The van der Waals surface area contributed by atoms with Crippen LogP contribution in [-0.4, -0.2) is 60.3 Å². The highest BCUT2D eigenvalue weighted by Crippen LogP contribution is 2.37. The average Bonchev–Trinajstić information content (AvgIpc) is 3.30. The Hall–Kier alpha value is -3.30. The maximum atomic E-state index is 12.0. The average molecular weight is 483 g/mol. The van der Waals surface area contributed by atoms with Gasteiger partial charge in [-0.25, -0.2) is 9.97 Å². The van der Waals surface area contributed by atoms with Crippen LogP contribution in [0.2, 0.25) is 5.02 Å². The molecule has 3 aromatic rings. The number of morpholine rings is 1. The van der Waals surface area contributed by atoms with Crippen molar-refractivity contribution >= 4 is 40.0 Å². The number of primary amides is 1. The first-order valence-corrected chi connectivity index (χ1v) is 11.7. The number of hydrogen-bond acceptors (Lipinski definition) is 7. The van der Waals surface area contributed by atoms with Gasteiger partial charge < -0.3 is 30.4 Å². The van der Waals surface area contributed by atoms with Crippen LogP contribution in [0.4, 0.5) is 11.4 Å². The Morgan fingerprint density at radius 3 is 2.85 bits per heavy atom. The van der Waals surface area contributed by atoms with Gasteiger partial charge in [-0.3, -0.25) is 4.79 Å². The molecule has 0 spiro atoms. The molecule has 1 aromatic carbocycles. The number of aromatic nitrogens is 3. The largest absolute Gasteiger partial charge is 0.496 e. The predicted molar refractivity (Wildman–Crippen MR) is 132 cm³/mol. The lowest BCUT2D eigenvalue weighted by atomic mass is 9.88. The lowest BCUT2D eigenvalue weighted by molar-refractivity contribution is -0.122. The molecule has 10 heteroatoms. The van der Waals surface area contributed by atoms with Crippen LogP contribution in [0.5, 0.6) is 5.75 Å². The summed E-state index contributed by atoms with van der Waals surface area (Å²) in [6.45, 7) is 3.10. The molecule has 1 saturated heterocycles. The van der Waals surface area contributed by atoms with E-state index in [1.807, 2.05) is 24.3 Å². The van der Waals surface area contributed by atoms with Gasteiger partial charge in [-0.2, -0.15) is 0 Å². The van der Waals surface area contributed by atoms with Crippen molar-refractivity contribution in [2.24, 2.45) is 11.7 Å². The van der Waals surface area contributed by atoms with Crippen molar-refractivity contribution in [3.8, 4) is 17.1 Å². The Kier molecular flexibility index (Phi) is 6.30. The number of benzene rings is 1. The maximum Gasteiger partial charge on any atom is 0.222 e. The smallest absolute Gasteiger partial charge is 0.222 e. The van der Waals surface area contributed by atoms with Crippen molar-refractivity contribution in [1.82, 2.24) is 15.0 Å². The molecule has 34 heavy (non-hydrogen) atoms. The minimum atomic E-state index is -0.335. The van der Waals surface area contributed by atoms with E-state index in [4.69, 9.17) is 31.8 Å². The molecule has 1 aliphatic carbocycles. The summed E-state index contributed by atoms with van der Waals surface area (Å²) in [5, 5.41) is 3.86. The fourth-order valence-corrected chi connectivity index (χ4v) is 4.77. The van der Waals surface area contributed by atoms with Crippen LogP contribution >= 0.6 is 11.6 Å². The highest BCUT2D eigenvalue weighted by Gasteiger charge is 2.28. The number of nitrogens with zero attached hydrogens (tertiary/aromatic N) is 3. The van der Waals surface area contributed by atoms with Crippen LogP contribution in [-0.2, 0) is 9.53 Å². The predicted octanol–water partition coefficient (Wildman–Crippen LogP) is 3.36. The third-order valence-electron chi connectivity index (χ3n) is 6.42. The number of allylic oxidation sites excluding steroid dienone is 1. The minimum absolute atomic E-state index is 0.167. The minimum Gasteiger partial charge on any atom is -0.496 e. The van der Waals surface area contributed by atoms with Crippen LogP contribution in [0, 0.1) is 5.92 Å². The second-order valence-electron chi connectivity index (χ2n) is 8.45. The van der Waals surface area contributed by atoms with Crippen LogP contribution < -0.4 is 20.7 Å². The first-order valence-electron chi connectivity index (χ1n) is 11.3. The standard InChI is InChI=1S/C24H27ClN6O3/c1-33-19-12-14(31-8-10-34-11-9-31)6-7-16(19)23-29-21-20(17(25)13-27-24(21)30-23)28-18-5-3-2-4-15(18)22(26)32/h2-3,6-7,12-13,15,18H,4-5,8-11H2,1H3,(H2,26,32)(H2,27,28,29,30). The van der Waals surface area contributed by atoms with Gasteiger partial charge in [0.2, 0.25) is 5.91 Å². The number of imidazole rings is 1. The number of fused-ring (bicyclic) bond motifs is 1. The van der Waals surface area contributed by atoms with E-state index in [1.54, 1.807) is 13.3 Å². The fraction of sp³-hybridized carbons (Fsp3) is 0.375. The molecule has 1 aliphatic heterocycles. The van der Waals surface area contributed by atoms with Crippen LogP contribution in [0.1, 0.15) is 12.8 Å². The van der Waals surface area contributed by atoms with Crippen molar-refractivity contribution in [1.29, 1.82) is 0 Å². The molecule has 178 valence electrons. The summed E-state index contributed by atoms with van der Waals surface area (Å²) in [7, 11) is 1.65. The zero-order valence-corrected chi connectivity index (χ0v) is 19.6. The molecule has 0 saturated carbocycles. The summed E-state index contributed by atoms with van der Waals surface area (Å²) in [5.41, 5.74) is 9.36. The van der Waals surface area contributed by atoms with Gasteiger partial charge in [0.05, 0.1) is 48.7 Å². The fourth-order valence-electron chi connectivity index (χ4n) is 4.57. The number of amides is 1. The van der Waals surface area contributed by atoms with Gasteiger partial charge in [0.15, 0.2) is 5.65 Å². The second-order valence-corrected chi connectivity index (χ2v) is 8.86. The molecule has 2 aliphatic rings. The van der Waals surface area contributed by atoms with Gasteiger partial charge >= 0.3 is 0 Å². The molecule has 0 radical (unpaired) electrons. The topological polar surface area (TPSA) is 118 Å². The van der Waals surface area contributed by atoms with E-state index in [9.17, 15) is 4.79 Å². The molecule has 2 atom stereocenters. The highest BCUT2D eigenvalue weighted by molar-refractivity contribution is 6.34. The van der Waals surface area contributed by atoms with E-state index in [1.165, 1.54) is 0 Å².